The smallest absolute Gasteiger partial charge is 0.227 e. The lowest BCUT2D eigenvalue weighted by molar-refractivity contribution is -0.129. The number of methoxy groups -OCH3 is 2. The van der Waals surface area contributed by atoms with Crippen molar-refractivity contribution >= 4 is 5.91 Å². The van der Waals surface area contributed by atoms with Crippen LogP contribution in [0.4, 0.5) is 0 Å². The third-order valence-electron chi connectivity index (χ3n) is 3.66. The fraction of sp³-hybridized carbons (Fsp3) is 0.533. The molecule has 0 bridgehead atoms. The van der Waals surface area contributed by atoms with Crippen LogP contribution in [0, 0.1) is 6.92 Å². The Kier molecular flexibility index (Phi) is 4.30. The van der Waals surface area contributed by atoms with Crippen molar-refractivity contribution in [2.45, 2.75) is 26.2 Å². The highest BCUT2D eigenvalue weighted by atomic mass is 16.5. The zero-order valence-electron chi connectivity index (χ0n) is 11.9. The molecular weight excluding hydrogens is 242 g/mol. The van der Waals surface area contributed by atoms with Gasteiger partial charge in [-0.1, -0.05) is 6.07 Å². The van der Waals surface area contributed by atoms with Crippen LogP contribution in [-0.2, 0) is 11.2 Å². The Morgan fingerprint density at radius 2 is 1.89 bits per heavy atom. The van der Waals surface area contributed by atoms with Gasteiger partial charge in [0, 0.05) is 24.2 Å². The summed E-state index contributed by atoms with van der Waals surface area (Å²) in [5, 5.41) is 0. The summed E-state index contributed by atoms with van der Waals surface area (Å²) in [5.74, 6) is 1.72. The van der Waals surface area contributed by atoms with Gasteiger partial charge in [-0.3, -0.25) is 4.79 Å². The van der Waals surface area contributed by atoms with Gasteiger partial charge in [-0.15, -0.1) is 0 Å². The Labute approximate surface area is 114 Å². The number of likely N-dealkylation sites (tertiary alicyclic amines) is 1. The number of hydrogen-bond acceptors (Lipinski definition) is 3. The van der Waals surface area contributed by atoms with Gasteiger partial charge in [0.05, 0.1) is 20.6 Å². The molecule has 1 heterocycles. The first-order valence-electron chi connectivity index (χ1n) is 6.65. The molecule has 0 saturated carbocycles. The lowest BCUT2D eigenvalue weighted by Crippen LogP contribution is -2.29. The lowest BCUT2D eigenvalue weighted by Gasteiger charge is -2.18. The van der Waals surface area contributed by atoms with Gasteiger partial charge in [0.2, 0.25) is 5.91 Å². The summed E-state index contributed by atoms with van der Waals surface area (Å²) < 4.78 is 10.7. The number of nitrogens with zero attached hydrogens (tertiary/aromatic N) is 1. The molecule has 19 heavy (non-hydrogen) atoms. The second-order valence-electron chi connectivity index (χ2n) is 4.85. The molecule has 1 saturated heterocycles. The average molecular weight is 263 g/mol. The summed E-state index contributed by atoms with van der Waals surface area (Å²) >= 11 is 0. The second-order valence-corrected chi connectivity index (χ2v) is 4.85. The van der Waals surface area contributed by atoms with E-state index < -0.39 is 0 Å². The Bertz CT molecular complexity index is 465. The van der Waals surface area contributed by atoms with Gasteiger partial charge in [-0.2, -0.15) is 0 Å². The van der Waals surface area contributed by atoms with Crippen LogP contribution in [-0.4, -0.2) is 38.1 Å². The maximum Gasteiger partial charge on any atom is 0.227 e. The summed E-state index contributed by atoms with van der Waals surface area (Å²) in [7, 11) is 3.27. The van der Waals surface area contributed by atoms with Crippen LogP contribution in [0.25, 0.3) is 0 Å². The van der Waals surface area contributed by atoms with Crippen molar-refractivity contribution < 1.29 is 14.3 Å². The van der Waals surface area contributed by atoms with E-state index in [2.05, 4.69) is 0 Å². The van der Waals surface area contributed by atoms with Gasteiger partial charge in [0.25, 0.3) is 0 Å². The van der Waals surface area contributed by atoms with Crippen molar-refractivity contribution in [3.63, 3.8) is 0 Å². The molecule has 4 heteroatoms. The first-order chi connectivity index (χ1) is 9.17. The van der Waals surface area contributed by atoms with E-state index in [-0.39, 0.29) is 5.91 Å². The molecular formula is C15H21NO3. The predicted octanol–water partition coefficient (Wildman–Crippen LogP) is 2.18. The van der Waals surface area contributed by atoms with Gasteiger partial charge >= 0.3 is 0 Å². The monoisotopic (exact) mass is 263 g/mol. The van der Waals surface area contributed by atoms with Crippen LogP contribution in [0.2, 0.25) is 0 Å². The number of amides is 1. The van der Waals surface area contributed by atoms with Crippen LogP contribution in [0.3, 0.4) is 0 Å². The Morgan fingerprint density at radius 1 is 1.21 bits per heavy atom. The van der Waals surface area contributed by atoms with Gasteiger partial charge in [0.1, 0.15) is 11.5 Å². The number of rotatable bonds is 4. The Hall–Kier alpha value is -1.71. The second kappa shape index (κ2) is 5.95. The highest BCUT2D eigenvalue weighted by molar-refractivity contribution is 5.80. The van der Waals surface area contributed by atoms with E-state index in [1.165, 1.54) is 0 Å². The maximum absolute atomic E-state index is 12.2. The molecule has 0 spiro atoms. The highest BCUT2D eigenvalue weighted by Crippen LogP contribution is 2.31. The molecule has 1 fully saturated rings. The standard InChI is InChI=1S/C15H21NO3/c1-11-13(18-2)7-6-12(15(11)19-3)10-14(17)16-8-4-5-9-16/h6-7H,4-5,8-10H2,1-3H3. The predicted molar refractivity (Wildman–Crippen MR) is 73.8 cm³/mol. The van der Waals surface area contributed by atoms with E-state index in [1.54, 1.807) is 14.2 Å². The zero-order valence-corrected chi connectivity index (χ0v) is 11.9. The van der Waals surface area contributed by atoms with Crippen LogP contribution >= 0.6 is 0 Å². The van der Waals surface area contributed by atoms with Crippen molar-refractivity contribution in [2.75, 3.05) is 27.3 Å². The average Bonchev–Trinajstić information content (AvgIpc) is 2.93. The van der Waals surface area contributed by atoms with Crippen LogP contribution in [0.15, 0.2) is 12.1 Å². The molecule has 0 aliphatic carbocycles. The largest absolute Gasteiger partial charge is 0.496 e. The van der Waals surface area contributed by atoms with Crippen molar-refractivity contribution in [1.29, 1.82) is 0 Å². The number of carbonyl (C=O) groups excluding carboxylic acids is 1. The first-order valence-corrected chi connectivity index (χ1v) is 6.65. The van der Waals surface area contributed by atoms with E-state index in [9.17, 15) is 4.79 Å². The van der Waals surface area contributed by atoms with Gasteiger partial charge in [0.15, 0.2) is 0 Å². The molecule has 2 rings (SSSR count). The summed E-state index contributed by atoms with van der Waals surface area (Å²) in [6.07, 6.45) is 2.63. The molecule has 0 N–H and O–H groups in total. The topological polar surface area (TPSA) is 38.8 Å². The van der Waals surface area contributed by atoms with Crippen LogP contribution in [0.1, 0.15) is 24.0 Å². The molecule has 0 unspecified atom stereocenters. The normalized spacial score (nSPS) is 14.6. The van der Waals surface area contributed by atoms with E-state index in [4.69, 9.17) is 9.47 Å². The number of benzene rings is 1. The molecule has 0 aromatic heterocycles. The molecule has 0 atom stereocenters. The summed E-state index contributed by atoms with van der Waals surface area (Å²) in [6, 6.07) is 3.81. The van der Waals surface area contributed by atoms with E-state index in [0.29, 0.717) is 6.42 Å². The van der Waals surface area contributed by atoms with E-state index >= 15 is 0 Å². The zero-order chi connectivity index (χ0) is 13.8. The third kappa shape index (κ3) is 2.83. The minimum absolute atomic E-state index is 0.181. The molecule has 1 aromatic carbocycles. The summed E-state index contributed by atoms with van der Waals surface area (Å²) in [4.78, 5) is 14.1. The molecule has 4 nitrogen and oxygen atoms in total. The Morgan fingerprint density at radius 3 is 2.47 bits per heavy atom. The molecule has 1 aliphatic heterocycles. The van der Waals surface area contributed by atoms with Crippen LogP contribution < -0.4 is 9.47 Å². The first kappa shape index (κ1) is 13.7. The third-order valence-corrected chi connectivity index (χ3v) is 3.66. The highest BCUT2D eigenvalue weighted by Gasteiger charge is 2.20. The minimum Gasteiger partial charge on any atom is -0.496 e. The van der Waals surface area contributed by atoms with Crippen molar-refractivity contribution in [3.05, 3.63) is 23.3 Å². The van der Waals surface area contributed by atoms with E-state index in [0.717, 1.165) is 48.6 Å². The van der Waals surface area contributed by atoms with Crippen molar-refractivity contribution in [2.24, 2.45) is 0 Å². The molecule has 0 radical (unpaired) electrons. The number of carbonyl (C=O) groups is 1. The summed E-state index contributed by atoms with van der Waals surface area (Å²) in [5.41, 5.74) is 1.87. The van der Waals surface area contributed by atoms with Crippen molar-refractivity contribution in [1.82, 2.24) is 4.90 Å². The molecule has 1 aromatic rings. The SMILES string of the molecule is COc1ccc(CC(=O)N2CCCC2)c(OC)c1C. The number of ether oxygens (including phenoxy) is 2. The maximum atomic E-state index is 12.2. The van der Waals surface area contributed by atoms with Gasteiger partial charge in [-0.05, 0) is 25.8 Å². The Balaban J connectivity index is 2.19. The fourth-order valence-electron chi connectivity index (χ4n) is 2.62. The quantitative estimate of drug-likeness (QED) is 0.835. The lowest BCUT2D eigenvalue weighted by atomic mass is 10.1. The van der Waals surface area contributed by atoms with Crippen molar-refractivity contribution in [3.8, 4) is 11.5 Å². The number of hydrogen-bond donors (Lipinski definition) is 0. The summed E-state index contributed by atoms with van der Waals surface area (Å²) in [6.45, 7) is 3.72. The van der Waals surface area contributed by atoms with Crippen LogP contribution in [0.5, 0.6) is 11.5 Å². The molecule has 1 aliphatic rings. The minimum atomic E-state index is 0.181. The molecule has 1 amide bonds. The molecule has 104 valence electrons. The van der Waals surface area contributed by atoms with E-state index in [1.807, 2.05) is 24.0 Å². The van der Waals surface area contributed by atoms with Gasteiger partial charge < -0.3 is 14.4 Å². The fourth-order valence-corrected chi connectivity index (χ4v) is 2.62. The van der Waals surface area contributed by atoms with Gasteiger partial charge in [-0.25, -0.2) is 0 Å².